The van der Waals surface area contributed by atoms with Crippen molar-refractivity contribution in [3.63, 3.8) is 0 Å². The average Bonchev–Trinajstić information content (AvgIpc) is 3.22. The summed E-state index contributed by atoms with van der Waals surface area (Å²) in [4.78, 5) is 12.2. The fourth-order valence-electron chi connectivity index (χ4n) is 3.12. The van der Waals surface area contributed by atoms with Crippen molar-refractivity contribution in [2.24, 2.45) is 7.05 Å². The van der Waals surface area contributed by atoms with Gasteiger partial charge < -0.3 is 14.6 Å². The summed E-state index contributed by atoms with van der Waals surface area (Å²) in [5.74, 6) is 2.21. The Labute approximate surface area is 197 Å². The molecule has 6 nitrogen and oxygen atoms in total. The molecule has 0 aliphatic heterocycles. The maximum absolute atomic E-state index is 12.2. The van der Waals surface area contributed by atoms with Crippen LogP contribution < -0.4 is 10.1 Å². The van der Waals surface area contributed by atoms with Gasteiger partial charge in [0.1, 0.15) is 5.75 Å². The molecule has 4 rings (SSSR count). The molecular formula is C26H24N4O2S. The second kappa shape index (κ2) is 11.2. The molecule has 33 heavy (non-hydrogen) atoms. The second-order valence-corrected chi connectivity index (χ2v) is 8.25. The number of rotatable bonds is 9. The highest BCUT2D eigenvalue weighted by Gasteiger charge is 2.11. The summed E-state index contributed by atoms with van der Waals surface area (Å²) in [6.45, 7) is 0.587. The fourth-order valence-corrected chi connectivity index (χ4v) is 3.85. The van der Waals surface area contributed by atoms with Gasteiger partial charge in [0, 0.05) is 30.1 Å². The second-order valence-electron chi connectivity index (χ2n) is 7.19. The van der Waals surface area contributed by atoms with Crippen molar-refractivity contribution in [3.8, 4) is 17.1 Å². The zero-order valence-corrected chi connectivity index (χ0v) is 19.0. The summed E-state index contributed by atoms with van der Waals surface area (Å²) < 4.78 is 7.69. The van der Waals surface area contributed by atoms with Crippen LogP contribution >= 0.6 is 11.8 Å². The molecule has 7 heteroatoms. The number of carbonyl (C=O) groups is 1. The highest BCUT2D eigenvalue weighted by Crippen LogP contribution is 2.24. The highest BCUT2D eigenvalue weighted by atomic mass is 32.2. The van der Waals surface area contributed by atoms with E-state index in [0.29, 0.717) is 6.61 Å². The van der Waals surface area contributed by atoms with Crippen LogP contribution in [0.3, 0.4) is 0 Å². The van der Waals surface area contributed by atoms with Crippen molar-refractivity contribution < 1.29 is 9.53 Å². The Morgan fingerprint density at radius 3 is 2.39 bits per heavy atom. The number of nitrogens with zero attached hydrogens (tertiary/aromatic N) is 3. The van der Waals surface area contributed by atoms with E-state index >= 15 is 0 Å². The normalized spacial score (nSPS) is 10.9. The lowest BCUT2D eigenvalue weighted by molar-refractivity contribution is -0.111. The third-order valence-corrected chi connectivity index (χ3v) is 5.78. The number of thioether (sulfide) groups is 1. The zero-order chi connectivity index (χ0) is 22.9. The van der Waals surface area contributed by atoms with E-state index in [-0.39, 0.29) is 5.91 Å². The van der Waals surface area contributed by atoms with Gasteiger partial charge in [-0.3, -0.25) is 4.79 Å². The number of nitrogens with one attached hydrogen (secondary N) is 1. The molecule has 0 spiro atoms. The Morgan fingerprint density at radius 1 is 0.970 bits per heavy atom. The molecular weight excluding hydrogens is 432 g/mol. The van der Waals surface area contributed by atoms with Crippen molar-refractivity contribution >= 4 is 29.4 Å². The van der Waals surface area contributed by atoms with Gasteiger partial charge in [0.15, 0.2) is 11.0 Å². The lowest BCUT2D eigenvalue weighted by atomic mass is 10.2. The molecule has 0 atom stereocenters. The van der Waals surface area contributed by atoms with Crippen molar-refractivity contribution in [2.45, 2.75) is 5.16 Å². The van der Waals surface area contributed by atoms with Crippen LogP contribution in [0.1, 0.15) is 5.56 Å². The summed E-state index contributed by atoms with van der Waals surface area (Å²) in [7, 11) is 1.94. The molecule has 0 unspecified atom stereocenters. The van der Waals surface area contributed by atoms with Gasteiger partial charge in [-0.1, -0.05) is 60.3 Å². The van der Waals surface area contributed by atoms with Crippen LogP contribution in [-0.2, 0) is 11.8 Å². The average molecular weight is 457 g/mol. The number of ether oxygens (including phenoxy) is 1. The van der Waals surface area contributed by atoms with Crippen molar-refractivity contribution in [3.05, 3.63) is 96.6 Å². The molecule has 166 valence electrons. The van der Waals surface area contributed by atoms with E-state index < -0.39 is 0 Å². The number of anilines is 1. The van der Waals surface area contributed by atoms with Crippen LogP contribution in [0.15, 0.2) is 96.2 Å². The van der Waals surface area contributed by atoms with Gasteiger partial charge >= 0.3 is 0 Å². The van der Waals surface area contributed by atoms with E-state index in [1.54, 1.807) is 17.8 Å². The van der Waals surface area contributed by atoms with E-state index in [1.807, 2.05) is 96.5 Å². The molecule has 0 saturated carbocycles. The Balaban J connectivity index is 1.30. The molecule has 1 amide bonds. The van der Waals surface area contributed by atoms with E-state index in [4.69, 9.17) is 4.74 Å². The molecule has 0 aliphatic carbocycles. The van der Waals surface area contributed by atoms with Crippen LogP contribution in [-0.4, -0.2) is 33.0 Å². The zero-order valence-electron chi connectivity index (χ0n) is 18.2. The number of aromatic nitrogens is 3. The predicted molar refractivity (Wildman–Crippen MR) is 133 cm³/mol. The molecule has 3 aromatic carbocycles. The minimum Gasteiger partial charge on any atom is -0.493 e. The molecule has 0 bridgehead atoms. The smallest absolute Gasteiger partial charge is 0.248 e. The summed E-state index contributed by atoms with van der Waals surface area (Å²) >= 11 is 1.60. The minimum absolute atomic E-state index is 0.179. The fraction of sp³-hybridized carbons (Fsp3) is 0.115. The number of benzene rings is 3. The molecule has 0 fully saturated rings. The number of amides is 1. The monoisotopic (exact) mass is 456 g/mol. The minimum atomic E-state index is -0.179. The first kappa shape index (κ1) is 22.4. The first-order valence-corrected chi connectivity index (χ1v) is 11.5. The van der Waals surface area contributed by atoms with E-state index in [1.165, 1.54) is 6.08 Å². The molecule has 0 radical (unpaired) electrons. The Kier molecular flexibility index (Phi) is 7.56. The van der Waals surface area contributed by atoms with E-state index in [0.717, 1.165) is 39.3 Å². The van der Waals surface area contributed by atoms with Gasteiger partial charge in [0.25, 0.3) is 0 Å². The summed E-state index contributed by atoms with van der Waals surface area (Å²) in [6.07, 6.45) is 3.31. The highest BCUT2D eigenvalue weighted by molar-refractivity contribution is 7.99. The summed E-state index contributed by atoms with van der Waals surface area (Å²) in [6, 6.07) is 27.0. The van der Waals surface area contributed by atoms with Crippen LogP contribution in [0, 0.1) is 0 Å². The van der Waals surface area contributed by atoms with Crippen LogP contribution in [0.5, 0.6) is 5.75 Å². The first-order valence-electron chi connectivity index (χ1n) is 10.5. The molecule has 0 aliphatic rings. The Morgan fingerprint density at radius 2 is 1.67 bits per heavy atom. The van der Waals surface area contributed by atoms with Crippen molar-refractivity contribution in [2.75, 3.05) is 17.7 Å². The molecule has 1 N–H and O–H groups in total. The lowest BCUT2D eigenvalue weighted by Gasteiger charge is -2.07. The SMILES string of the molecule is Cn1c(SCCOc2ccccc2)nnc1-c1ccc(NC(=O)/C=C/c2ccccc2)cc1. The third kappa shape index (κ3) is 6.33. The molecule has 4 aromatic rings. The van der Waals surface area contributed by atoms with Gasteiger partial charge in [0.05, 0.1) is 6.61 Å². The van der Waals surface area contributed by atoms with Crippen molar-refractivity contribution in [1.29, 1.82) is 0 Å². The van der Waals surface area contributed by atoms with Gasteiger partial charge in [-0.05, 0) is 48.0 Å². The quantitative estimate of drug-likeness (QED) is 0.210. The van der Waals surface area contributed by atoms with Gasteiger partial charge in [-0.15, -0.1) is 10.2 Å². The number of hydrogen-bond acceptors (Lipinski definition) is 5. The Bertz CT molecular complexity index is 1210. The van der Waals surface area contributed by atoms with Gasteiger partial charge in [-0.2, -0.15) is 0 Å². The largest absolute Gasteiger partial charge is 0.493 e. The maximum Gasteiger partial charge on any atom is 0.248 e. The number of para-hydroxylation sites is 1. The molecule has 1 heterocycles. The molecule has 1 aromatic heterocycles. The van der Waals surface area contributed by atoms with Gasteiger partial charge in [0.2, 0.25) is 5.91 Å². The van der Waals surface area contributed by atoms with Crippen LogP contribution in [0.4, 0.5) is 5.69 Å². The standard InChI is InChI=1S/C26H24N4O2S/c1-30-25(28-29-26(30)33-19-18-32-23-10-6-3-7-11-23)21-13-15-22(16-14-21)27-24(31)17-12-20-8-4-2-5-9-20/h2-17H,18-19H2,1H3,(H,27,31)/b17-12+. The third-order valence-electron chi connectivity index (χ3n) is 4.80. The summed E-state index contributed by atoms with van der Waals surface area (Å²) in [5, 5.41) is 12.3. The van der Waals surface area contributed by atoms with Gasteiger partial charge in [-0.25, -0.2) is 0 Å². The number of carbonyl (C=O) groups excluding carboxylic acids is 1. The number of hydrogen-bond donors (Lipinski definition) is 1. The summed E-state index contributed by atoms with van der Waals surface area (Å²) in [5.41, 5.74) is 2.62. The van der Waals surface area contributed by atoms with E-state index in [9.17, 15) is 4.79 Å². The topological polar surface area (TPSA) is 69.0 Å². The van der Waals surface area contributed by atoms with E-state index in [2.05, 4.69) is 15.5 Å². The lowest BCUT2D eigenvalue weighted by Crippen LogP contribution is -2.07. The van der Waals surface area contributed by atoms with Crippen molar-refractivity contribution in [1.82, 2.24) is 14.8 Å². The van der Waals surface area contributed by atoms with Crippen LogP contribution in [0.25, 0.3) is 17.5 Å². The predicted octanol–water partition coefficient (Wildman–Crippen LogP) is 5.31. The van der Waals surface area contributed by atoms with Crippen LogP contribution in [0.2, 0.25) is 0 Å². The Hall–Kier alpha value is -3.84. The maximum atomic E-state index is 12.2. The molecule has 0 saturated heterocycles. The first-order chi connectivity index (χ1) is 16.2.